The van der Waals surface area contributed by atoms with Gasteiger partial charge >= 0.3 is 11.9 Å². The van der Waals surface area contributed by atoms with E-state index < -0.39 is 11.9 Å². The van der Waals surface area contributed by atoms with Gasteiger partial charge in [0.15, 0.2) is 23.1 Å². The molecule has 0 aromatic heterocycles. The molecule has 2 aliphatic carbocycles. The molecule has 24 heavy (non-hydrogen) atoms. The van der Waals surface area contributed by atoms with E-state index in [1.807, 2.05) is 0 Å². The first kappa shape index (κ1) is 18.1. The number of allylic oxidation sites excluding steroid dienone is 4. The van der Waals surface area contributed by atoms with Gasteiger partial charge in [0, 0.05) is 25.7 Å². The Morgan fingerprint density at radius 2 is 1.12 bits per heavy atom. The van der Waals surface area contributed by atoms with Gasteiger partial charge in [-0.25, -0.2) is 0 Å². The third kappa shape index (κ3) is 4.63. The summed E-state index contributed by atoms with van der Waals surface area (Å²) in [5.74, 6) is -0.818. The van der Waals surface area contributed by atoms with Gasteiger partial charge in [0.05, 0.1) is 0 Å². The lowest BCUT2D eigenvalue weighted by Gasteiger charge is -2.06. The molecule has 0 aromatic carbocycles. The predicted octanol–water partition coefficient (Wildman–Crippen LogP) is 2.91. The molecule has 0 saturated heterocycles. The highest BCUT2D eigenvalue weighted by Crippen LogP contribution is 2.25. The van der Waals surface area contributed by atoms with Crippen LogP contribution in [0.4, 0.5) is 0 Å². The van der Waals surface area contributed by atoms with Crippen molar-refractivity contribution < 1.29 is 28.7 Å². The molecular formula is C18H22O6. The van der Waals surface area contributed by atoms with E-state index in [9.17, 15) is 19.2 Å². The molecule has 0 bridgehead atoms. The zero-order valence-corrected chi connectivity index (χ0v) is 14.1. The molecule has 0 spiro atoms. The van der Waals surface area contributed by atoms with Crippen LogP contribution in [0.1, 0.15) is 65.2 Å². The van der Waals surface area contributed by atoms with Crippen molar-refractivity contribution in [3.05, 3.63) is 22.7 Å². The standard InChI is InChI=1S/C18H22O6/c1-11-7-9-13(19)17(11)23-15(21)5-3-4-6-16(22)24-18-12(2)8-10-14(18)20/h3-10H2,1-2H3. The first-order valence-corrected chi connectivity index (χ1v) is 8.25. The fourth-order valence-electron chi connectivity index (χ4n) is 2.69. The number of rotatable bonds is 7. The molecule has 0 saturated carbocycles. The molecule has 0 aliphatic heterocycles. The van der Waals surface area contributed by atoms with Crippen molar-refractivity contribution in [2.24, 2.45) is 0 Å². The van der Waals surface area contributed by atoms with Crippen LogP contribution < -0.4 is 0 Å². The zero-order chi connectivity index (χ0) is 17.7. The Bertz CT molecular complexity index is 582. The van der Waals surface area contributed by atoms with E-state index in [0.717, 1.165) is 11.1 Å². The van der Waals surface area contributed by atoms with Gasteiger partial charge in [-0.15, -0.1) is 0 Å². The molecule has 0 N–H and O–H groups in total. The van der Waals surface area contributed by atoms with E-state index in [1.54, 1.807) is 13.8 Å². The summed E-state index contributed by atoms with van der Waals surface area (Å²) in [7, 11) is 0. The third-order valence-corrected chi connectivity index (χ3v) is 4.18. The van der Waals surface area contributed by atoms with E-state index in [-0.39, 0.29) is 35.9 Å². The fraction of sp³-hybridized carbons (Fsp3) is 0.556. The second kappa shape index (κ2) is 8.04. The summed E-state index contributed by atoms with van der Waals surface area (Å²) in [6.07, 6.45) is 3.27. The van der Waals surface area contributed by atoms with Gasteiger partial charge in [-0.05, 0) is 50.7 Å². The smallest absolute Gasteiger partial charge is 0.311 e. The van der Waals surface area contributed by atoms with E-state index in [0.29, 0.717) is 38.5 Å². The lowest BCUT2D eigenvalue weighted by atomic mass is 10.2. The highest BCUT2D eigenvalue weighted by Gasteiger charge is 2.25. The van der Waals surface area contributed by atoms with Gasteiger partial charge in [0.2, 0.25) is 0 Å². The minimum absolute atomic E-state index is 0.130. The topological polar surface area (TPSA) is 86.7 Å². The summed E-state index contributed by atoms with van der Waals surface area (Å²) < 4.78 is 10.2. The average molecular weight is 334 g/mol. The first-order chi connectivity index (χ1) is 11.4. The van der Waals surface area contributed by atoms with E-state index in [4.69, 9.17) is 9.47 Å². The Hall–Kier alpha value is -2.24. The van der Waals surface area contributed by atoms with Crippen LogP contribution in [0.25, 0.3) is 0 Å². The van der Waals surface area contributed by atoms with Gasteiger partial charge < -0.3 is 9.47 Å². The number of carbonyl (C=O) groups is 4. The van der Waals surface area contributed by atoms with Crippen LogP contribution in [0.2, 0.25) is 0 Å². The van der Waals surface area contributed by atoms with Gasteiger partial charge in [0.1, 0.15) is 0 Å². The van der Waals surface area contributed by atoms with Gasteiger partial charge in [-0.2, -0.15) is 0 Å². The first-order valence-electron chi connectivity index (χ1n) is 8.25. The normalized spacial score (nSPS) is 17.8. The lowest BCUT2D eigenvalue weighted by Crippen LogP contribution is -2.11. The summed E-state index contributed by atoms with van der Waals surface area (Å²) in [6.45, 7) is 3.56. The number of Topliss-reactive ketones (excluding diaryl/α,β-unsaturated/α-hetero) is 2. The molecule has 0 radical (unpaired) electrons. The maximum absolute atomic E-state index is 11.7. The summed E-state index contributed by atoms with van der Waals surface area (Å²) in [5.41, 5.74) is 1.61. The highest BCUT2D eigenvalue weighted by molar-refractivity contribution is 5.99. The predicted molar refractivity (Wildman–Crippen MR) is 84.5 cm³/mol. The van der Waals surface area contributed by atoms with Crippen LogP contribution in [0, 0.1) is 0 Å². The molecule has 6 nitrogen and oxygen atoms in total. The minimum atomic E-state index is -0.461. The average Bonchev–Trinajstić information content (AvgIpc) is 3.01. The summed E-state index contributed by atoms with van der Waals surface area (Å²) in [4.78, 5) is 46.5. The number of hydrogen-bond donors (Lipinski definition) is 0. The van der Waals surface area contributed by atoms with Crippen LogP contribution in [-0.4, -0.2) is 23.5 Å². The maximum atomic E-state index is 11.7. The number of hydrogen-bond acceptors (Lipinski definition) is 6. The number of carbonyl (C=O) groups excluding carboxylic acids is 4. The van der Waals surface area contributed by atoms with Gasteiger partial charge in [-0.1, -0.05) is 0 Å². The Morgan fingerprint density at radius 3 is 1.42 bits per heavy atom. The van der Waals surface area contributed by atoms with Crippen LogP contribution in [0.5, 0.6) is 0 Å². The summed E-state index contributed by atoms with van der Waals surface area (Å²) >= 11 is 0. The van der Waals surface area contributed by atoms with Crippen molar-refractivity contribution in [3.63, 3.8) is 0 Å². The Morgan fingerprint density at radius 1 is 0.750 bits per heavy atom. The maximum Gasteiger partial charge on any atom is 0.311 e. The van der Waals surface area contributed by atoms with Gasteiger partial charge in [0.25, 0.3) is 0 Å². The summed E-state index contributed by atoms with van der Waals surface area (Å²) in [5, 5.41) is 0. The molecule has 0 atom stereocenters. The van der Waals surface area contributed by atoms with E-state index in [1.165, 1.54) is 0 Å². The van der Waals surface area contributed by atoms with E-state index in [2.05, 4.69) is 0 Å². The molecule has 0 aromatic rings. The molecule has 0 fully saturated rings. The second-order valence-electron chi connectivity index (χ2n) is 6.22. The zero-order valence-electron chi connectivity index (χ0n) is 14.1. The molecule has 0 unspecified atom stereocenters. The fourth-order valence-corrected chi connectivity index (χ4v) is 2.69. The van der Waals surface area contributed by atoms with Crippen LogP contribution in [0.15, 0.2) is 22.7 Å². The number of unbranched alkanes of at least 4 members (excludes halogenated alkanes) is 1. The second-order valence-corrected chi connectivity index (χ2v) is 6.22. The molecule has 0 heterocycles. The Balaban J connectivity index is 1.66. The number of ether oxygens (including phenoxy) is 2. The van der Waals surface area contributed by atoms with Crippen LogP contribution >= 0.6 is 0 Å². The van der Waals surface area contributed by atoms with Gasteiger partial charge in [-0.3, -0.25) is 19.2 Å². The number of ketones is 2. The molecular weight excluding hydrogens is 312 g/mol. The lowest BCUT2D eigenvalue weighted by molar-refractivity contribution is -0.143. The van der Waals surface area contributed by atoms with Crippen molar-refractivity contribution in [2.75, 3.05) is 0 Å². The van der Waals surface area contributed by atoms with Crippen LogP contribution in [0.3, 0.4) is 0 Å². The Kier molecular flexibility index (Phi) is 6.06. The number of esters is 2. The van der Waals surface area contributed by atoms with Crippen molar-refractivity contribution >= 4 is 23.5 Å². The largest absolute Gasteiger partial charge is 0.423 e. The van der Waals surface area contributed by atoms with Crippen molar-refractivity contribution in [1.29, 1.82) is 0 Å². The highest BCUT2D eigenvalue weighted by atomic mass is 16.5. The SMILES string of the molecule is CC1=C(OC(=O)CCCCC(=O)OC2=C(C)CCC2=O)C(=O)CC1. The van der Waals surface area contributed by atoms with Crippen LogP contribution in [-0.2, 0) is 28.7 Å². The Labute approximate surface area is 140 Å². The third-order valence-electron chi connectivity index (χ3n) is 4.18. The molecule has 2 aliphatic rings. The van der Waals surface area contributed by atoms with Crippen molar-refractivity contribution in [1.82, 2.24) is 0 Å². The molecule has 0 amide bonds. The van der Waals surface area contributed by atoms with E-state index >= 15 is 0 Å². The summed E-state index contributed by atoms with van der Waals surface area (Å²) in [6, 6.07) is 0. The minimum Gasteiger partial charge on any atom is -0.423 e. The quantitative estimate of drug-likeness (QED) is 0.525. The monoisotopic (exact) mass is 334 g/mol. The molecule has 130 valence electrons. The van der Waals surface area contributed by atoms with Crippen molar-refractivity contribution in [2.45, 2.75) is 65.2 Å². The molecule has 6 heteroatoms. The molecule has 2 rings (SSSR count). The van der Waals surface area contributed by atoms with Crippen molar-refractivity contribution in [3.8, 4) is 0 Å².